The Balaban J connectivity index is 1.63. The van der Waals surface area contributed by atoms with Gasteiger partial charge in [-0.05, 0) is 25.8 Å². The Kier molecular flexibility index (Phi) is 5.27. The van der Waals surface area contributed by atoms with Gasteiger partial charge in [-0.25, -0.2) is 0 Å². The van der Waals surface area contributed by atoms with Crippen LogP contribution in [0, 0.1) is 13.8 Å². The third kappa shape index (κ3) is 3.83. The highest BCUT2D eigenvalue weighted by Gasteiger charge is 2.30. The van der Waals surface area contributed by atoms with E-state index in [0.29, 0.717) is 43.3 Å². The zero-order chi connectivity index (χ0) is 16.9. The molecule has 2 atom stereocenters. The maximum Gasteiger partial charge on any atom is 0.257 e. The third-order valence-electron chi connectivity index (χ3n) is 4.19. The second-order valence-corrected chi connectivity index (χ2v) is 5.98. The molecule has 6 heteroatoms. The van der Waals surface area contributed by atoms with Gasteiger partial charge in [0.15, 0.2) is 0 Å². The number of rotatable bonds is 5. The van der Waals surface area contributed by atoms with Crippen molar-refractivity contribution in [1.29, 1.82) is 0 Å². The number of hydrogen-bond acceptors (Lipinski definition) is 5. The number of aromatic nitrogens is 1. The molecule has 1 N–H and O–H groups in total. The molecule has 2 heterocycles. The van der Waals surface area contributed by atoms with Crippen LogP contribution in [0.1, 0.15) is 33.8 Å². The number of hydrogen-bond donors (Lipinski definition) is 1. The summed E-state index contributed by atoms with van der Waals surface area (Å²) in [5.74, 6) is 0.352. The maximum atomic E-state index is 12.5. The molecule has 3 rings (SSSR count). The van der Waals surface area contributed by atoms with Crippen molar-refractivity contribution in [3.8, 4) is 0 Å². The molecule has 1 saturated heterocycles. The van der Waals surface area contributed by atoms with Crippen molar-refractivity contribution in [1.82, 2.24) is 10.5 Å². The van der Waals surface area contributed by atoms with Crippen LogP contribution >= 0.6 is 0 Å². The monoisotopic (exact) mass is 330 g/mol. The minimum atomic E-state index is -0.177. The van der Waals surface area contributed by atoms with Gasteiger partial charge in [0.1, 0.15) is 17.4 Å². The highest BCUT2D eigenvalue weighted by molar-refractivity contribution is 5.96. The van der Waals surface area contributed by atoms with E-state index >= 15 is 0 Å². The Morgan fingerprint density at radius 2 is 2.12 bits per heavy atom. The molecule has 0 saturated carbocycles. The number of aryl methyl sites for hydroxylation is 2. The van der Waals surface area contributed by atoms with Gasteiger partial charge >= 0.3 is 0 Å². The maximum absolute atomic E-state index is 12.5. The Labute approximate surface area is 141 Å². The van der Waals surface area contributed by atoms with Crippen LogP contribution in [0.3, 0.4) is 0 Å². The summed E-state index contributed by atoms with van der Waals surface area (Å²) < 4.78 is 16.6. The van der Waals surface area contributed by atoms with Gasteiger partial charge in [0.2, 0.25) is 0 Å². The highest BCUT2D eigenvalue weighted by atomic mass is 16.5. The van der Waals surface area contributed by atoms with Crippen molar-refractivity contribution in [2.75, 3.05) is 13.2 Å². The third-order valence-corrected chi connectivity index (χ3v) is 4.19. The topological polar surface area (TPSA) is 73.6 Å². The average molecular weight is 330 g/mol. The Morgan fingerprint density at radius 1 is 1.33 bits per heavy atom. The first-order chi connectivity index (χ1) is 11.6. The predicted octanol–water partition coefficient (Wildman–Crippen LogP) is 2.40. The fraction of sp³-hybridized carbons (Fsp3) is 0.444. The second kappa shape index (κ2) is 7.59. The molecule has 1 aromatic heterocycles. The lowest BCUT2D eigenvalue weighted by Gasteiger charge is -2.32. The van der Waals surface area contributed by atoms with E-state index in [-0.39, 0.29) is 18.1 Å². The Morgan fingerprint density at radius 3 is 2.83 bits per heavy atom. The Bertz CT molecular complexity index is 664. The summed E-state index contributed by atoms with van der Waals surface area (Å²) in [6.07, 6.45) is 0.539. The van der Waals surface area contributed by atoms with Crippen LogP contribution in [-0.2, 0) is 16.1 Å². The molecule has 0 aliphatic carbocycles. The summed E-state index contributed by atoms with van der Waals surface area (Å²) in [5, 5.41) is 6.88. The van der Waals surface area contributed by atoms with Crippen molar-refractivity contribution in [3.63, 3.8) is 0 Å². The molecule has 1 amide bonds. The molecular weight excluding hydrogens is 308 g/mol. The van der Waals surface area contributed by atoms with E-state index in [2.05, 4.69) is 10.5 Å². The number of carbonyl (C=O) groups is 1. The fourth-order valence-corrected chi connectivity index (χ4v) is 2.87. The van der Waals surface area contributed by atoms with Gasteiger partial charge in [0, 0.05) is 6.61 Å². The van der Waals surface area contributed by atoms with Crippen molar-refractivity contribution in [2.45, 2.75) is 39.0 Å². The summed E-state index contributed by atoms with van der Waals surface area (Å²) in [5.41, 5.74) is 2.20. The van der Waals surface area contributed by atoms with Gasteiger partial charge in [-0.2, -0.15) is 0 Å². The smallest absolute Gasteiger partial charge is 0.257 e. The predicted molar refractivity (Wildman–Crippen MR) is 87.7 cm³/mol. The lowest BCUT2D eigenvalue weighted by atomic mass is 10.0. The SMILES string of the molecule is Cc1noc(C)c1C(=O)N[C@@H]1CCOC[C@H]1OCc1ccccc1. The molecule has 0 bridgehead atoms. The average Bonchev–Trinajstić information content (AvgIpc) is 2.93. The quantitative estimate of drug-likeness (QED) is 0.911. The second-order valence-electron chi connectivity index (χ2n) is 5.98. The van der Waals surface area contributed by atoms with Crippen LogP contribution in [0.4, 0.5) is 0 Å². The van der Waals surface area contributed by atoms with E-state index in [1.807, 2.05) is 30.3 Å². The molecular formula is C18H22N2O4. The molecule has 128 valence electrons. The molecule has 1 aliphatic rings. The van der Waals surface area contributed by atoms with E-state index in [4.69, 9.17) is 14.0 Å². The van der Waals surface area contributed by atoms with E-state index in [1.165, 1.54) is 0 Å². The standard InChI is InChI=1S/C18H22N2O4/c1-12-17(13(2)24-20-12)18(21)19-15-8-9-22-11-16(15)23-10-14-6-4-3-5-7-14/h3-7,15-16H,8-11H2,1-2H3,(H,19,21)/t15-,16-/m1/s1. The van der Waals surface area contributed by atoms with Crippen LogP contribution in [0.15, 0.2) is 34.9 Å². The van der Waals surface area contributed by atoms with E-state index in [1.54, 1.807) is 13.8 Å². The summed E-state index contributed by atoms with van der Waals surface area (Å²) in [7, 11) is 0. The summed E-state index contributed by atoms with van der Waals surface area (Å²) in [6, 6.07) is 9.87. The lowest BCUT2D eigenvalue weighted by Crippen LogP contribution is -2.50. The first-order valence-electron chi connectivity index (χ1n) is 8.12. The first-order valence-corrected chi connectivity index (χ1v) is 8.12. The zero-order valence-corrected chi connectivity index (χ0v) is 14.0. The molecule has 1 aliphatic heterocycles. The lowest BCUT2D eigenvalue weighted by molar-refractivity contribution is -0.0736. The van der Waals surface area contributed by atoms with Gasteiger partial charge < -0.3 is 19.3 Å². The molecule has 6 nitrogen and oxygen atoms in total. The van der Waals surface area contributed by atoms with Crippen molar-refractivity contribution in [2.24, 2.45) is 0 Å². The highest BCUT2D eigenvalue weighted by Crippen LogP contribution is 2.17. The van der Waals surface area contributed by atoms with Crippen LogP contribution in [0.5, 0.6) is 0 Å². The minimum absolute atomic E-state index is 0.0938. The van der Waals surface area contributed by atoms with Crippen LogP contribution in [0.2, 0.25) is 0 Å². The molecule has 24 heavy (non-hydrogen) atoms. The summed E-state index contributed by atoms with van der Waals surface area (Å²) in [4.78, 5) is 12.5. The summed E-state index contributed by atoms with van der Waals surface area (Å²) in [6.45, 7) is 5.07. The van der Waals surface area contributed by atoms with Gasteiger partial charge in [-0.3, -0.25) is 4.79 Å². The number of benzene rings is 1. The fourth-order valence-electron chi connectivity index (χ4n) is 2.87. The normalized spacial score (nSPS) is 20.8. The van der Waals surface area contributed by atoms with Gasteiger partial charge in [-0.1, -0.05) is 35.5 Å². The number of nitrogens with one attached hydrogen (secondary N) is 1. The van der Waals surface area contributed by atoms with E-state index in [0.717, 1.165) is 5.56 Å². The van der Waals surface area contributed by atoms with E-state index < -0.39 is 0 Å². The minimum Gasteiger partial charge on any atom is -0.379 e. The molecule has 0 spiro atoms. The van der Waals surface area contributed by atoms with Crippen molar-refractivity contribution in [3.05, 3.63) is 52.9 Å². The molecule has 0 unspecified atom stereocenters. The number of ether oxygens (including phenoxy) is 2. The van der Waals surface area contributed by atoms with Crippen LogP contribution in [0.25, 0.3) is 0 Å². The largest absolute Gasteiger partial charge is 0.379 e. The number of amides is 1. The number of nitrogens with zero attached hydrogens (tertiary/aromatic N) is 1. The zero-order valence-electron chi connectivity index (χ0n) is 14.0. The molecule has 0 radical (unpaired) electrons. The van der Waals surface area contributed by atoms with E-state index in [9.17, 15) is 4.79 Å². The van der Waals surface area contributed by atoms with Crippen LogP contribution in [-0.4, -0.2) is 36.4 Å². The Hall–Kier alpha value is -2.18. The first kappa shape index (κ1) is 16.7. The molecule has 2 aromatic rings. The molecule has 1 fully saturated rings. The molecule has 1 aromatic carbocycles. The van der Waals surface area contributed by atoms with Crippen molar-refractivity contribution >= 4 is 5.91 Å². The van der Waals surface area contributed by atoms with Gasteiger partial charge in [0.05, 0.1) is 24.9 Å². The van der Waals surface area contributed by atoms with Crippen molar-refractivity contribution < 1.29 is 18.8 Å². The van der Waals surface area contributed by atoms with Crippen LogP contribution < -0.4 is 5.32 Å². The van der Waals surface area contributed by atoms with Gasteiger partial charge in [0.25, 0.3) is 5.91 Å². The number of carbonyl (C=O) groups excluding carboxylic acids is 1. The van der Waals surface area contributed by atoms with Gasteiger partial charge in [-0.15, -0.1) is 0 Å². The summed E-state index contributed by atoms with van der Waals surface area (Å²) >= 11 is 0.